The van der Waals surface area contributed by atoms with Crippen molar-refractivity contribution < 1.29 is 14.4 Å². The fraction of sp³-hybridized carbons (Fsp3) is 0.286. The summed E-state index contributed by atoms with van der Waals surface area (Å²) >= 11 is 1.56. The van der Waals surface area contributed by atoms with Crippen LogP contribution in [0, 0.1) is 0 Å². The molecule has 1 N–H and O–H groups in total. The van der Waals surface area contributed by atoms with E-state index in [4.69, 9.17) is 9.63 Å². The molecular formula is C14H15NO3S. The molecule has 0 amide bonds. The molecular weight excluding hydrogens is 262 g/mol. The first-order valence-corrected chi connectivity index (χ1v) is 7.04. The van der Waals surface area contributed by atoms with Crippen LogP contribution in [0.25, 0.3) is 11.3 Å². The zero-order chi connectivity index (χ0) is 13.7. The standard InChI is InChI=1S/C14H15NO3S/c1-10(7-14(16)17)19-9-12-8-13(18-15-12)11-5-3-2-4-6-11/h2-6,8,10H,7,9H2,1H3,(H,16,17). The molecule has 0 aliphatic rings. The lowest BCUT2D eigenvalue weighted by Crippen LogP contribution is -2.05. The SMILES string of the molecule is CC(CC(=O)O)SCc1cc(-c2ccccc2)on1. The molecule has 0 aliphatic heterocycles. The van der Waals surface area contributed by atoms with E-state index in [0.717, 1.165) is 17.0 Å². The molecule has 1 heterocycles. The van der Waals surface area contributed by atoms with Crippen molar-refractivity contribution in [2.24, 2.45) is 0 Å². The Morgan fingerprint density at radius 1 is 1.42 bits per heavy atom. The van der Waals surface area contributed by atoms with Crippen LogP contribution < -0.4 is 0 Å². The molecule has 100 valence electrons. The van der Waals surface area contributed by atoms with Crippen molar-refractivity contribution in [3.05, 3.63) is 42.1 Å². The highest BCUT2D eigenvalue weighted by Crippen LogP contribution is 2.24. The van der Waals surface area contributed by atoms with Gasteiger partial charge in [0.2, 0.25) is 0 Å². The third kappa shape index (κ3) is 4.13. The van der Waals surface area contributed by atoms with Gasteiger partial charge in [-0.25, -0.2) is 0 Å². The van der Waals surface area contributed by atoms with Crippen molar-refractivity contribution >= 4 is 17.7 Å². The van der Waals surface area contributed by atoms with E-state index in [-0.39, 0.29) is 11.7 Å². The first-order valence-electron chi connectivity index (χ1n) is 5.99. The summed E-state index contributed by atoms with van der Waals surface area (Å²) in [6.07, 6.45) is 0.161. The first-order chi connectivity index (χ1) is 9.15. The molecule has 0 saturated heterocycles. The third-order valence-electron chi connectivity index (χ3n) is 2.60. The molecule has 1 aromatic carbocycles. The van der Waals surface area contributed by atoms with Gasteiger partial charge in [0.15, 0.2) is 5.76 Å². The van der Waals surface area contributed by atoms with Crippen LogP contribution in [-0.4, -0.2) is 21.5 Å². The minimum atomic E-state index is -0.773. The maximum Gasteiger partial charge on any atom is 0.304 e. The molecule has 1 aromatic heterocycles. The van der Waals surface area contributed by atoms with Crippen molar-refractivity contribution in [3.63, 3.8) is 0 Å². The van der Waals surface area contributed by atoms with Gasteiger partial charge in [0.25, 0.3) is 0 Å². The Balaban J connectivity index is 1.93. The predicted octanol–water partition coefficient (Wildman–Crippen LogP) is 3.44. The number of nitrogens with zero attached hydrogens (tertiary/aromatic N) is 1. The fourth-order valence-corrected chi connectivity index (χ4v) is 2.50. The van der Waals surface area contributed by atoms with Gasteiger partial charge in [-0.2, -0.15) is 11.8 Å². The number of carbonyl (C=O) groups is 1. The van der Waals surface area contributed by atoms with Gasteiger partial charge in [0.05, 0.1) is 12.1 Å². The number of benzene rings is 1. The van der Waals surface area contributed by atoms with Gasteiger partial charge in [0, 0.05) is 22.6 Å². The molecule has 0 aliphatic carbocycles. The molecule has 0 radical (unpaired) electrons. The average molecular weight is 277 g/mol. The zero-order valence-corrected chi connectivity index (χ0v) is 11.4. The van der Waals surface area contributed by atoms with Crippen LogP contribution in [0.1, 0.15) is 19.0 Å². The number of carboxylic acids is 1. The topological polar surface area (TPSA) is 63.3 Å². The molecule has 0 spiro atoms. The summed E-state index contributed by atoms with van der Waals surface area (Å²) in [6.45, 7) is 1.90. The van der Waals surface area contributed by atoms with Gasteiger partial charge in [-0.05, 0) is 0 Å². The molecule has 19 heavy (non-hydrogen) atoms. The summed E-state index contributed by atoms with van der Waals surface area (Å²) in [6, 6.07) is 11.7. The third-order valence-corrected chi connectivity index (χ3v) is 3.79. The Morgan fingerprint density at radius 2 is 2.16 bits per heavy atom. The highest BCUT2D eigenvalue weighted by Gasteiger charge is 2.11. The van der Waals surface area contributed by atoms with E-state index < -0.39 is 5.97 Å². The van der Waals surface area contributed by atoms with E-state index >= 15 is 0 Å². The monoisotopic (exact) mass is 277 g/mol. The first kappa shape index (κ1) is 13.7. The number of hydrogen-bond acceptors (Lipinski definition) is 4. The Kier molecular flexibility index (Phi) is 4.63. The lowest BCUT2D eigenvalue weighted by molar-refractivity contribution is -0.136. The maximum absolute atomic E-state index is 10.6. The quantitative estimate of drug-likeness (QED) is 0.876. The fourth-order valence-electron chi connectivity index (χ4n) is 1.65. The Labute approximate surface area is 115 Å². The molecule has 4 nitrogen and oxygen atoms in total. The van der Waals surface area contributed by atoms with E-state index in [1.807, 2.05) is 43.3 Å². The Bertz CT molecular complexity index is 539. The van der Waals surface area contributed by atoms with Gasteiger partial charge in [0.1, 0.15) is 0 Å². The maximum atomic E-state index is 10.6. The lowest BCUT2D eigenvalue weighted by atomic mass is 10.2. The van der Waals surface area contributed by atoms with Crippen LogP contribution in [0.15, 0.2) is 40.9 Å². The van der Waals surface area contributed by atoms with E-state index in [9.17, 15) is 4.79 Å². The number of thioether (sulfide) groups is 1. The number of aromatic nitrogens is 1. The second kappa shape index (κ2) is 6.43. The minimum Gasteiger partial charge on any atom is -0.481 e. The van der Waals surface area contributed by atoms with Crippen LogP contribution in [0.3, 0.4) is 0 Å². The number of aliphatic carboxylic acids is 1. The smallest absolute Gasteiger partial charge is 0.304 e. The molecule has 2 rings (SSSR count). The minimum absolute atomic E-state index is 0.0642. The lowest BCUT2D eigenvalue weighted by Gasteiger charge is -2.05. The highest BCUT2D eigenvalue weighted by atomic mass is 32.2. The van der Waals surface area contributed by atoms with Crippen LogP contribution >= 0.6 is 11.8 Å². The van der Waals surface area contributed by atoms with Gasteiger partial charge in [-0.1, -0.05) is 42.4 Å². The normalized spacial score (nSPS) is 12.3. The van der Waals surface area contributed by atoms with Gasteiger partial charge < -0.3 is 9.63 Å². The number of rotatable bonds is 6. The van der Waals surface area contributed by atoms with Crippen LogP contribution in [0.4, 0.5) is 0 Å². The molecule has 1 unspecified atom stereocenters. The van der Waals surface area contributed by atoms with Gasteiger partial charge in [-0.15, -0.1) is 0 Å². The number of carboxylic acid groups (broad SMARTS) is 1. The summed E-state index contributed by atoms with van der Waals surface area (Å²) in [5.74, 6) is 0.623. The Morgan fingerprint density at radius 3 is 2.84 bits per heavy atom. The summed E-state index contributed by atoms with van der Waals surface area (Å²) in [7, 11) is 0. The summed E-state index contributed by atoms with van der Waals surface area (Å²) in [5.41, 5.74) is 1.82. The van der Waals surface area contributed by atoms with Gasteiger partial charge in [-0.3, -0.25) is 4.79 Å². The highest BCUT2D eigenvalue weighted by molar-refractivity contribution is 7.99. The molecule has 0 fully saturated rings. The summed E-state index contributed by atoms with van der Waals surface area (Å²) in [5, 5.41) is 12.8. The van der Waals surface area contributed by atoms with Crippen LogP contribution in [-0.2, 0) is 10.5 Å². The predicted molar refractivity (Wildman–Crippen MR) is 74.9 cm³/mol. The molecule has 2 aromatic rings. The summed E-state index contributed by atoms with van der Waals surface area (Å²) in [4.78, 5) is 10.6. The van der Waals surface area contributed by atoms with Crippen LogP contribution in [0.2, 0.25) is 0 Å². The van der Waals surface area contributed by atoms with E-state index in [0.29, 0.717) is 5.75 Å². The van der Waals surface area contributed by atoms with Crippen molar-refractivity contribution in [1.29, 1.82) is 0 Å². The zero-order valence-electron chi connectivity index (χ0n) is 10.6. The summed E-state index contributed by atoms with van der Waals surface area (Å²) < 4.78 is 5.28. The molecule has 0 bridgehead atoms. The molecule has 0 saturated carbocycles. The largest absolute Gasteiger partial charge is 0.481 e. The van der Waals surface area contributed by atoms with Crippen LogP contribution in [0.5, 0.6) is 0 Å². The van der Waals surface area contributed by atoms with E-state index in [1.54, 1.807) is 11.8 Å². The van der Waals surface area contributed by atoms with Gasteiger partial charge >= 0.3 is 5.97 Å². The second-order valence-corrected chi connectivity index (χ2v) is 5.69. The molecule has 1 atom stereocenters. The second-order valence-electron chi connectivity index (χ2n) is 4.27. The van der Waals surface area contributed by atoms with Crippen molar-refractivity contribution in [3.8, 4) is 11.3 Å². The average Bonchev–Trinajstić information content (AvgIpc) is 2.85. The number of hydrogen-bond donors (Lipinski definition) is 1. The van der Waals surface area contributed by atoms with Crippen molar-refractivity contribution in [2.75, 3.05) is 0 Å². The van der Waals surface area contributed by atoms with Crippen molar-refractivity contribution in [2.45, 2.75) is 24.3 Å². The Hall–Kier alpha value is -1.75. The van der Waals surface area contributed by atoms with E-state index in [1.165, 1.54) is 0 Å². The van der Waals surface area contributed by atoms with Crippen molar-refractivity contribution in [1.82, 2.24) is 5.16 Å². The molecule has 5 heteroatoms. The van der Waals surface area contributed by atoms with E-state index in [2.05, 4.69) is 5.16 Å².